The van der Waals surface area contributed by atoms with E-state index in [0.29, 0.717) is 26.2 Å². The van der Waals surface area contributed by atoms with Gasteiger partial charge in [0.1, 0.15) is 30.6 Å². The van der Waals surface area contributed by atoms with Crippen LogP contribution in [0, 0.1) is 24.2 Å². The number of nitrogens with two attached hydrogens (primary N) is 1. The number of hydrogen-bond donors (Lipinski definition) is 3. The quantitative estimate of drug-likeness (QED) is 0.0939. The molecule has 1 unspecified atom stereocenters. The third kappa shape index (κ3) is 10.9. The molecule has 3 heterocycles. The fraction of sp³-hybridized carbons (Fsp3) is 0.404. The number of nitrogens with one attached hydrogen (secondary N) is 1. The number of likely N-dealkylation sites (tertiary alicyclic amines) is 1. The second kappa shape index (κ2) is 20.7. The van der Waals surface area contributed by atoms with Gasteiger partial charge in [-0.05, 0) is 52.4 Å². The van der Waals surface area contributed by atoms with Crippen molar-refractivity contribution in [2.45, 2.75) is 82.5 Å². The molecule has 6 rings (SSSR count). The number of hydrogen-bond acceptors (Lipinski definition) is 10. The molecule has 0 bridgehead atoms. The predicted molar refractivity (Wildman–Crippen MR) is 238 cm³/mol. The maximum absolute atomic E-state index is 13.6. The lowest BCUT2D eigenvalue weighted by Gasteiger charge is -2.43. The normalized spacial score (nSPS) is 19.0. The summed E-state index contributed by atoms with van der Waals surface area (Å²) in [5.41, 5.74) is 5.91. The fourth-order valence-electron chi connectivity index (χ4n) is 8.40. The highest BCUT2D eigenvalue weighted by Crippen LogP contribution is 2.38. The molecule has 4 N–H and O–H groups in total. The summed E-state index contributed by atoms with van der Waals surface area (Å²) in [7, 11) is -3.09. The molecule has 1 aromatic heterocycles. The molecule has 1 amide bonds. The number of carbonyl (C=O) groups excluding carboxylic acids is 1. The molecule has 0 radical (unpaired) electrons. The molecule has 3 aromatic carbocycles. The highest BCUT2D eigenvalue weighted by Gasteiger charge is 2.52. The summed E-state index contributed by atoms with van der Waals surface area (Å²) in [5, 5.41) is 11.6. The van der Waals surface area contributed by atoms with E-state index in [4.69, 9.17) is 30.8 Å². The van der Waals surface area contributed by atoms with Gasteiger partial charge in [0.25, 0.3) is 13.9 Å². The van der Waals surface area contributed by atoms with Crippen molar-refractivity contribution < 1.29 is 33.3 Å². The van der Waals surface area contributed by atoms with Crippen LogP contribution >= 0.6 is 0 Å². The summed E-state index contributed by atoms with van der Waals surface area (Å²) in [5.74, 6) is 7.97. The third-order valence-electron chi connectivity index (χ3n) is 11.4. The van der Waals surface area contributed by atoms with Crippen molar-refractivity contribution in [3.05, 3.63) is 129 Å². The van der Waals surface area contributed by atoms with Crippen LogP contribution in [0.4, 0.5) is 9.59 Å². The molecular formula is C47H55N5O9Si. The van der Waals surface area contributed by atoms with Crippen LogP contribution in [0.3, 0.4) is 0 Å². The number of rotatable bonds is 14. The maximum atomic E-state index is 13.6. The van der Waals surface area contributed by atoms with Crippen LogP contribution in [-0.4, -0.2) is 103 Å². The third-order valence-corrected chi connectivity index (χ3v) is 16.4. The standard InChI is InChI=1S/C47H55N5O9Si/c1-5-34-21-23-35(24-22-34)30-50(32-37-16-12-13-26-51(37)45(55)56)27-28-58-46(57)61-40-29-42(52-31-36(15-14-25-48)43(53)49-44(52)54)60-41(40)33-59-62(47(2,3)4,38-17-8-6-9-18-38)39-19-10-7-11-20-39/h1,6-11,17-24,31,37,40-42H,12-13,16,25-30,32-33,48H2,2-4H3,(H,55,56)(H,49,53,54)/t37?,40-,41+,42+/m0/s1. The van der Waals surface area contributed by atoms with E-state index in [1.165, 1.54) is 15.7 Å². The molecule has 14 nitrogen and oxygen atoms in total. The van der Waals surface area contributed by atoms with Gasteiger partial charge in [0.15, 0.2) is 0 Å². The van der Waals surface area contributed by atoms with Crippen LogP contribution in [0.1, 0.15) is 69.4 Å². The van der Waals surface area contributed by atoms with Crippen LogP contribution in [0.15, 0.2) is 101 Å². The molecule has 2 aliphatic heterocycles. The number of aromatic nitrogens is 2. The number of H-pyrrole nitrogens is 1. The Bertz CT molecular complexity index is 2330. The lowest BCUT2D eigenvalue weighted by Crippen LogP contribution is -2.67. The number of amides is 1. The zero-order chi connectivity index (χ0) is 44.3. The van der Waals surface area contributed by atoms with E-state index in [0.717, 1.165) is 40.8 Å². The first kappa shape index (κ1) is 45.6. The number of carbonyl (C=O) groups is 2. The molecule has 0 aliphatic carbocycles. The van der Waals surface area contributed by atoms with E-state index in [1.807, 2.05) is 60.7 Å². The van der Waals surface area contributed by atoms with Crippen molar-refractivity contribution in [3.63, 3.8) is 0 Å². The molecule has 2 saturated heterocycles. The second-order valence-electron chi connectivity index (χ2n) is 16.5. The first-order valence-corrected chi connectivity index (χ1v) is 22.8. The molecule has 0 spiro atoms. The summed E-state index contributed by atoms with van der Waals surface area (Å²) in [4.78, 5) is 57.4. The summed E-state index contributed by atoms with van der Waals surface area (Å²) >= 11 is 0. The summed E-state index contributed by atoms with van der Waals surface area (Å²) in [6, 6.07) is 27.5. The summed E-state index contributed by atoms with van der Waals surface area (Å²) in [6.45, 7) is 8.06. The average Bonchev–Trinajstić information content (AvgIpc) is 3.65. The highest BCUT2D eigenvalue weighted by molar-refractivity contribution is 6.99. The van der Waals surface area contributed by atoms with Crippen LogP contribution < -0.4 is 27.4 Å². The molecule has 4 aromatic rings. The lowest BCUT2D eigenvalue weighted by atomic mass is 10.0. The molecular weight excluding hydrogens is 807 g/mol. The number of aromatic amines is 1. The maximum Gasteiger partial charge on any atom is 0.508 e. The van der Waals surface area contributed by atoms with Crippen molar-refractivity contribution in [2.24, 2.45) is 5.73 Å². The minimum Gasteiger partial charge on any atom is -0.465 e. The van der Waals surface area contributed by atoms with Gasteiger partial charge in [0.2, 0.25) is 0 Å². The second-order valence-corrected chi connectivity index (χ2v) is 20.8. The van der Waals surface area contributed by atoms with Gasteiger partial charge in [-0.2, -0.15) is 0 Å². The van der Waals surface area contributed by atoms with Gasteiger partial charge >= 0.3 is 17.9 Å². The van der Waals surface area contributed by atoms with Crippen molar-refractivity contribution >= 4 is 30.9 Å². The number of ether oxygens (including phenoxy) is 3. The largest absolute Gasteiger partial charge is 0.508 e. The van der Waals surface area contributed by atoms with Gasteiger partial charge in [-0.15, -0.1) is 6.42 Å². The topological polar surface area (TPSA) is 179 Å². The molecule has 2 aliphatic rings. The van der Waals surface area contributed by atoms with Gasteiger partial charge in [0, 0.05) is 50.4 Å². The van der Waals surface area contributed by atoms with E-state index in [9.17, 15) is 24.3 Å². The van der Waals surface area contributed by atoms with Crippen molar-refractivity contribution in [1.82, 2.24) is 19.4 Å². The summed E-state index contributed by atoms with van der Waals surface area (Å²) < 4.78 is 26.7. The average molecular weight is 862 g/mol. The Morgan fingerprint density at radius 1 is 1.02 bits per heavy atom. The number of benzene rings is 3. The zero-order valence-electron chi connectivity index (χ0n) is 35.5. The fourth-order valence-corrected chi connectivity index (χ4v) is 13.0. The van der Waals surface area contributed by atoms with Gasteiger partial charge < -0.3 is 34.4 Å². The van der Waals surface area contributed by atoms with Gasteiger partial charge in [0.05, 0.1) is 13.2 Å². The zero-order valence-corrected chi connectivity index (χ0v) is 36.5. The number of nitrogens with zero attached hydrogens (tertiary/aromatic N) is 3. The SMILES string of the molecule is C#Cc1ccc(CN(CCOC(=O)O[C@H]2C[C@H](n3cc(C#CCN)c(=O)[nH]c3=O)O[C@@H]2CO[Si](c2ccccc2)(c2ccccc2)C(C)(C)C)CC2CCCCN2C(=O)O)cc1. The Kier molecular flexibility index (Phi) is 15.3. The minimum absolute atomic E-state index is 0.00657. The summed E-state index contributed by atoms with van der Waals surface area (Å²) in [6.07, 6.45) is 4.72. The van der Waals surface area contributed by atoms with E-state index in [2.05, 4.69) is 72.7 Å². The minimum atomic E-state index is -3.09. The van der Waals surface area contributed by atoms with Crippen molar-refractivity contribution in [1.29, 1.82) is 0 Å². The Morgan fingerprint density at radius 2 is 1.69 bits per heavy atom. The molecule has 2 fully saturated rings. The molecule has 62 heavy (non-hydrogen) atoms. The van der Waals surface area contributed by atoms with Crippen LogP contribution in [0.25, 0.3) is 0 Å². The number of piperidine rings is 1. The van der Waals surface area contributed by atoms with Gasteiger partial charge in [-0.1, -0.05) is 111 Å². The Morgan fingerprint density at radius 3 is 2.31 bits per heavy atom. The van der Waals surface area contributed by atoms with Crippen LogP contribution in [0.2, 0.25) is 5.04 Å². The van der Waals surface area contributed by atoms with E-state index >= 15 is 0 Å². The van der Waals surface area contributed by atoms with E-state index in [1.54, 1.807) is 0 Å². The predicted octanol–water partition coefficient (Wildman–Crippen LogP) is 4.25. The Labute approximate surface area is 363 Å². The molecule has 0 saturated carbocycles. The Hall–Kier alpha value is -5.94. The first-order valence-electron chi connectivity index (χ1n) is 20.9. The highest BCUT2D eigenvalue weighted by atomic mass is 28.4. The van der Waals surface area contributed by atoms with Gasteiger partial charge in [-0.3, -0.25) is 19.2 Å². The van der Waals surface area contributed by atoms with Crippen LogP contribution in [0.5, 0.6) is 0 Å². The first-order chi connectivity index (χ1) is 29.8. The smallest absolute Gasteiger partial charge is 0.465 e. The van der Waals surface area contributed by atoms with E-state index in [-0.39, 0.29) is 42.8 Å². The van der Waals surface area contributed by atoms with E-state index < -0.39 is 50.3 Å². The lowest BCUT2D eigenvalue weighted by molar-refractivity contribution is -0.0553. The van der Waals surface area contributed by atoms with Crippen LogP contribution in [-0.2, 0) is 25.2 Å². The van der Waals surface area contributed by atoms with Crippen molar-refractivity contribution in [2.75, 3.05) is 39.4 Å². The molecule has 15 heteroatoms. The Balaban J connectivity index is 1.24. The molecule has 326 valence electrons. The number of carboxylic acid groups (broad SMARTS) is 1. The molecule has 4 atom stereocenters. The van der Waals surface area contributed by atoms with Gasteiger partial charge in [-0.25, -0.2) is 14.4 Å². The number of terminal acetylenes is 1. The monoisotopic (exact) mass is 861 g/mol. The van der Waals surface area contributed by atoms with Crippen molar-refractivity contribution in [3.8, 4) is 24.2 Å².